The summed E-state index contributed by atoms with van der Waals surface area (Å²) in [6, 6.07) is 0. The second kappa shape index (κ2) is 6.24. The monoisotopic (exact) mass is 211 g/mol. The van der Waals surface area contributed by atoms with Crippen molar-refractivity contribution in [3.63, 3.8) is 0 Å². The highest BCUT2D eigenvalue weighted by atomic mass is 16.5. The number of hydrogen-bond donors (Lipinski definition) is 0. The third kappa shape index (κ3) is 4.16. The Kier molecular flexibility index (Phi) is 4.90. The Bertz CT molecular complexity index is 255. The summed E-state index contributed by atoms with van der Waals surface area (Å²) in [4.78, 5) is 13.4. The van der Waals surface area contributed by atoms with Crippen LogP contribution in [0.1, 0.15) is 6.92 Å². The van der Waals surface area contributed by atoms with E-state index in [-0.39, 0.29) is 12.6 Å². The van der Waals surface area contributed by atoms with Gasteiger partial charge in [0.05, 0.1) is 13.2 Å². The second-order valence-electron chi connectivity index (χ2n) is 3.35. The van der Waals surface area contributed by atoms with E-state index >= 15 is 0 Å². The van der Waals surface area contributed by atoms with Crippen LogP contribution in [0.4, 0.5) is 0 Å². The van der Waals surface area contributed by atoms with Gasteiger partial charge in [-0.3, -0.25) is 0 Å². The summed E-state index contributed by atoms with van der Waals surface area (Å²) < 4.78 is 10.1. The molecule has 1 heterocycles. The molecule has 0 radical (unpaired) electrons. The number of nitrogens with zero attached hydrogens (tertiary/aromatic N) is 1. The maximum atomic E-state index is 11.4. The maximum Gasteiger partial charge on any atom is 0.335 e. The molecule has 84 valence electrons. The summed E-state index contributed by atoms with van der Waals surface area (Å²) in [7, 11) is 0. The summed E-state index contributed by atoms with van der Waals surface area (Å²) in [5.74, 6) is -0.290. The molecule has 0 aromatic heterocycles. The van der Waals surface area contributed by atoms with Crippen molar-refractivity contribution < 1.29 is 14.3 Å². The molecule has 0 aliphatic carbocycles. The zero-order valence-electron chi connectivity index (χ0n) is 9.07. The van der Waals surface area contributed by atoms with Gasteiger partial charge in [-0.05, 0) is 6.92 Å². The van der Waals surface area contributed by atoms with Crippen LogP contribution in [-0.2, 0) is 14.3 Å². The Morgan fingerprint density at radius 3 is 2.80 bits per heavy atom. The van der Waals surface area contributed by atoms with Crippen LogP contribution >= 0.6 is 0 Å². The molecule has 1 saturated heterocycles. The lowest BCUT2D eigenvalue weighted by Crippen LogP contribution is -2.32. The van der Waals surface area contributed by atoms with Crippen molar-refractivity contribution in [3.8, 4) is 0 Å². The van der Waals surface area contributed by atoms with Gasteiger partial charge >= 0.3 is 5.97 Å². The van der Waals surface area contributed by atoms with Gasteiger partial charge < -0.3 is 14.4 Å². The standard InChI is InChI=1S/C11H17NO3/c1-3-6-15-11(13)10(2)9-12-4-7-14-8-5-12/h3,9H,1,4-8H2,2H3. The maximum absolute atomic E-state index is 11.4. The molecule has 1 rings (SSSR count). The Morgan fingerprint density at radius 1 is 1.53 bits per heavy atom. The molecule has 0 aromatic rings. The molecule has 0 bridgehead atoms. The summed E-state index contributed by atoms with van der Waals surface area (Å²) in [6.07, 6.45) is 3.38. The first-order valence-electron chi connectivity index (χ1n) is 5.02. The Balaban J connectivity index is 2.42. The topological polar surface area (TPSA) is 38.8 Å². The van der Waals surface area contributed by atoms with E-state index in [1.54, 1.807) is 13.0 Å². The van der Waals surface area contributed by atoms with Crippen molar-refractivity contribution in [2.75, 3.05) is 32.9 Å². The van der Waals surface area contributed by atoms with Gasteiger partial charge in [-0.25, -0.2) is 4.79 Å². The summed E-state index contributed by atoms with van der Waals surface area (Å²) >= 11 is 0. The summed E-state index contributed by atoms with van der Waals surface area (Å²) in [5, 5.41) is 0. The van der Waals surface area contributed by atoms with E-state index in [1.165, 1.54) is 0 Å². The number of morpholine rings is 1. The molecule has 1 fully saturated rings. The van der Waals surface area contributed by atoms with Crippen LogP contribution in [0.3, 0.4) is 0 Å². The van der Waals surface area contributed by atoms with E-state index in [0.717, 1.165) is 13.1 Å². The van der Waals surface area contributed by atoms with Gasteiger partial charge in [-0.1, -0.05) is 12.7 Å². The van der Waals surface area contributed by atoms with E-state index in [2.05, 4.69) is 11.5 Å². The first-order chi connectivity index (χ1) is 7.24. The molecular weight excluding hydrogens is 194 g/mol. The Hall–Kier alpha value is -1.29. The molecule has 0 spiro atoms. The normalized spacial score (nSPS) is 17.4. The van der Waals surface area contributed by atoms with Crippen molar-refractivity contribution in [1.29, 1.82) is 0 Å². The van der Waals surface area contributed by atoms with Crippen LogP contribution in [0.2, 0.25) is 0 Å². The van der Waals surface area contributed by atoms with Crippen molar-refractivity contribution in [2.45, 2.75) is 6.92 Å². The predicted octanol–water partition coefficient (Wildman–Crippen LogP) is 0.952. The molecule has 1 aliphatic heterocycles. The quantitative estimate of drug-likeness (QED) is 0.394. The molecule has 0 amide bonds. The summed E-state index contributed by atoms with van der Waals surface area (Å²) in [5.41, 5.74) is 0.610. The van der Waals surface area contributed by atoms with Gasteiger partial charge in [0.25, 0.3) is 0 Å². The average molecular weight is 211 g/mol. The lowest BCUT2D eigenvalue weighted by molar-refractivity contribution is -0.137. The molecule has 4 heteroatoms. The van der Waals surface area contributed by atoms with Crippen LogP contribution < -0.4 is 0 Å². The minimum absolute atomic E-state index is 0.257. The number of hydrogen-bond acceptors (Lipinski definition) is 4. The minimum atomic E-state index is -0.290. The lowest BCUT2D eigenvalue weighted by atomic mass is 10.3. The molecule has 0 N–H and O–H groups in total. The van der Waals surface area contributed by atoms with Crippen LogP contribution in [0, 0.1) is 0 Å². The fourth-order valence-corrected chi connectivity index (χ4v) is 1.28. The number of rotatable bonds is 4. The molecular formula is C11H17NO3. The highest BCUT2D eigenvalue weighted by Gasteiger charge is 2.10. The van der Waals surface area contributed by atoms with Crippen LogP contribution in [0.15, 0.2) is 24.4 Å². The number of esters is 1. The number of carbonyl (C=O) groups is 1. The molecule has 0 saturated carbocycles. The average Bonchev–Trinajstić information content (AvgIpc) is 2.27. The smallest absolute Gasteiger partial charge is 0.335 e. The van der Waals surface area contributed by atoms with Crippen LogP contribution in [-0.4, -0.2) is 43.8 Å². The van der Waals surface area contributed by atoms with Crippen molar-refractivity contribution >= 4 is 5.97 Å². The van der Waals surface area contributed by atoms with E-state index in [9.17, 15) is 4.79 Å². The molecule has 0 atom stereocenters. The first-order valence-corrected chi connectivity index (χ1v) is 5.02. The van der Waals surface area contributed by atoms with Gasteiger partial charge in [0, 0.05) is 24.9 Å². The molecule has 0 aromatic carbocycles. The number of ether oxygens (including phenoxy) is 2. The zero-order valence-corrected chi connectivity index (χ0v) is 9.07. The van der Waals surface area contributed by atoms with Crippen molar-refractivity contribution in [3.05, 3.63) is 24.4 Å². The fraction of sp³-hybridized carbons (Fsp3) is 0.545. The van der Waals surface area contributed by atoms with E-state index < -0.39 is 0 Å². The Labute approximate surface area is 90.2 Å². The molecule has 4 nitrogen and oxygen atoms in total. The van der Waals surface area contributed by atoms with E-state index in [4.69, 9.17) is 9.47 Å². The number of carbonyl (C=O) groups excluding carboxylic acids is 1. The molecule has 1 aliphatic rings. The Morgan fingerprint density at radius 2 is 2.20 bits per heavy atom. The van der Waals surface area contributed by atoms with Crippen molar-refractivity contribution in [2.24, 2.45) is 0 Å². The SMILES string of the molecule is C=CCOC(=O)C(C)=CN1CCOCC1. The highest BCUT2D eigenvalue weighted by molar-refractivity contribution is 5.87. The van der Waals surface area contributed by atoms with E-state index in [0.29, 0.717) is 18.8 Å². The third-order valence-electron chi connectivity index (χ3n) is 2.08. The zero-order chi connectivity index (χ0) is 11.1. The van der Waals surface area contributed by atoms with Gasteiger partial charge in [0.15, 0.2) is 0 Å². The van der Waals surface area contributed by atoms with Crippen LogP contribution in [0.5, 0.6) is 0 Å². The molecule has 15 heavy (non-hydrogen) atoms. The van der Waals surface area contributed by atoms with Crippen LogP contribution in [0.25, 0.3) is 0 Å². The third-order valence-corrected chi connectivity index (χ3v) is 2.08. The first kappa shape index (κ1) is 11.8. The lowest BCUT2D eigenvalue weighted by Gasteiger charge is -2.25. The van der Waals surface area contributed by atoms with E-state index in [1.807, 2.05) is 6.20 Å². The highest BCUT2D eigenvalue weighted by Crippen LogP contribution is 2.03. The van der Waals surface area contributed by atoms with Gasteiger partial charge in [-0.15, -0.1) is 0 Å². The fourth-order valence-electron chi connectivity index (χ4n) is 1.28. The second-order valence-corrected chi connectivity index (χ2v) is 3.35. The summed E-state index contributed by atoms with van der Waals surface area (Å²) in [6.45, 7) is 8.57. The van der Waals surface area contributed by atoms with Gasteiger partial charge in [-0.2, -0.15) is 0 Å². The predicted molar refractivity (Wildman–Crippen MR) is 57.3 cm³/mol. The van der Waals surface area contributed by atoms with Gasteiger partial charge in [0.1, 0.15) is 6.61 Å². The van der Waals surface area contributed by atoms with Crippen molar-refractivity contribution in [1.82, 2.24) is 4.90 Å². The minimum Gasteiger partial charge on any atom is -0.458 e. The molecule has 0 unspecified atom stereocenters. The van der Waals surface area contributed by atoms with Gasteiger partial charge in [0.2, 0.25) is 0 Å². The largest absolute Gasteiger partial charge is 0.458 e.